The summed E-state index contributed by atoms with van der Waals surface area (Å²) in [5, 5.41) is 9.57. The number of thioether (sulfide) groups is 1. The van der Waals surface area contributed by atoms with Crippen LogP contribution >= 0.6 is 11.8 Å². The van der Waals surface area contributed by atoms with Crippen LogP contribution < -0.4 is 0 Å². The van der Waals surface area contributed by atoms with Gasteiger partial charge in [-0.2, -0.15) is 0 Å². The topological polar surface area (TPSA) is 93.6 Å². The number of fused-ring (bicyclic) bond motifs is 1. The van der Waals surface area contributed by atoms with Gasteiger partial charge < -0.3 is 24.5 Å². The number of carbonyl (C=O) groups excluding carboxylic acids is 3. The number of ether oxygens (including phenoxy) is 1. The Kier molecular flexibility index (Phi) is 8.72. The van der Waals surface area contributed by atoms with Gasteiger partial charge >= 0.3 is 0 Å². The number of nitrogens with zero attached hydrogens (tertiary/aromatic N) is 4. The lowest BCUT2D eigenvalue weighted by atomic mass is 9.66. The second kappa shape index (κ2) is 11.5. The summed E-state index contributed by atoms with van der Waals surface area (Å²) in [4.78, 5) is 49.5. The molecule has 4 aliphatic rings. The average Bonchev–Trinajstić information content (AvgIpc) is 3.45. The summed E-state index contributed by atoms with van der Waals surface area (Å²) in [5.41, 5.74) is 0. The number of morpholine rings is 1. The van der Waals surface area contributed by atoms with Gasteiger partial charge in [0.05, 0.1) is 29.8 Å². The molecular weight excluding hydrogens is 492 g/mol. The maximum absolute atomic E-state index is 14.3. The number of hydrogen-bond acceptors (Lipinski definition) is 7. The Hall–Kier alpha value is -1.88. The first-order chi connectivity index (χ1) is 17.7. The summed E-state index contributed by atoms with van der Waals surface area (Å²) in [6.07, 6.45) is 5.32. The van der Waals surface area contributed by atoms with Crippen LogP contribution in [0.3, 0.4) is 0 Å². The molecule has 4 heterocycles. The van der Waals surface area contributed by atoms with Gasteiger partial charge in [0.1, 0.15) is 6.04 Å². The number of rotatable bonds is 12. The third-order valence-electron chi connectivity index (χ3n) is 8.56. The first kappa shape index (κ1) is 28.1. The van der Waals surface area contributed by atoms with Crippen molar-refractivity contribution in [3.05, 3.63) is 25.3 Å². The number of likely N-dealkylation sites (tertiary alicyclic amines) is 1. The predicted molar refractivity (Wildman–Crippen MR) is 144 cm³/mol. The van der Waals surface area contributed by atoms with Crippen molar-refractivity contribution in [2.75, 3.05) is 72.7 Å². The largest absolute Gasteiger partial charge is 0.396 e. The fourth-order valence-corrected chi connectivity index (χ4v) is 9.13. The number of hydrogen-bond donors (Lipinski definition) is 1. The smallest absolute Gasteiger partial charge is 0.247 e. The zero-order valence-corrected chi connectivity index (χ0v) is 23.1. The molecule has 3 amide bonds. The summed E-state index contributed by atoms with van der Waals surface area (Å²) < 4.78 is 4.41. The molecule has 206 valence electrons. The Bertz CT molecular complexity index is 911. The van der Waals surface area contributed by atoms with Gasteiger partial charge in [-0.1, -0.05) is 12.2 Å². The fourth-order valence-electron chi connectivity index (χ4n) is 6.79. The molecule has 0 aromatic heterocycles. The SMILES string of the molecule is C=CCN(C)C(=O)[C@@H]1[C@H]2C(=O)N(CCCO)C(C(=O)N(CC=C)CCN3CCOCC3)C23CC[C@@]1(C)S3. The standard InChI is InChI=1S/C27H42N4O5S/c1-5-10-28(4)23(33)20-21-24(34)31(12-7-17-32)22(27(21)9-8-26(20,3)37-27)25(35)30(11-6-2)14-13-29-15-18-36-19-16-29/h5-6,20-22,32H,1-2,7-19H2,3-4H3/t20-,21-,22?,26+,27?/m0/s1. The van der Waals surface area contributed by atoms with E-state index in [1.54, 1.807) is 40.8 Å². The summed E-state index contributed by atoms with van der Waals surface area (Å²) >= 11 is 1.68. The number of aliphatic hydroxyl groups excluding tert-OH is 1. The third kappa shape index (κ3) is 4.97. The Morgan fingerprint density at radius 3 is 2.51 bits per heavy atom. The van der Waals surface area contributed by atoms with Gasteiger partial charge in [0.15, 0.2) is 0 Å². The molecule has 0 aliphatic carbocycles. The van der Waals surface area contributed by atoms with Crippen LogP contribution in [0.25, 0.3) is 0 Å². The van der Waals surface area contributed by atoms with Gasteiger partial charge in [0.25, 0.3) is 0 Å². The molecule has 0 aromatic rings. The van der Waals surface area contributed by atoms with Gasteiger partial charge in [-0.25, -0.2) is 0 Å². The Morgan fingerprint density at radius 1 is 1.16 bits per heavy atom. The van der Waals surface area contributed by atoms with Crippen molar-refractivity contribution in [3.8, 4) is 0 Å². The highest BCUT2D eigenvalue weighted by Gasteiger charge is 2.77. The van der Waals surface area contributed by atoms with Gasteiger partial charge in [-0.05, 0) is 26.2 Å². The van der Waals surface area contributed by atoms with Crippen LogP contribution in [0.5, 0.6) is 0 Å². The molecule has 4 aliphatic heterocycles. The van der Waals surface area contributed by atoms with Crippen molar-refractivity contribution in [1.29, 1.82) is 0 Å². The molecule has 0 radical (unpaired) electrons. The minimum Gasteiger partial charge on any atom is -0.396 e. The molecule has 37 heavy (non-hydrogen) atoms. The van der Waals surface area contributed by atoms with E-state index in [-0.39, 0.29) is 24.3 Å². The van der Waals surface area contributed by atoms with E-state index in [9.17, 15) is 19.5 Å². The molecule has 2 bridgehead atoms. The molecule has 5 atom stereocenters. The predicted octanol–water partition coefficient (Wildman–Crippen LogP) is 0.841. The monoisotopic (exact) mass is 534 g/mol. The molecule has 9 nitrogen and oxygen atoms in total. The van der Waals surface area contributed by atoms with E-state index >= 15 is 0 Å². The van der Waals surface area contributed by atoms with Crippen LogP contribution in [0.1, 0.15) is 26.2 Å². The molecule has 0 saturated carbocycles. The van der Waals surface area contributed by atoms with Gasteiger partial charge in [0, 0.05) is 64.2 Å². The van der Waals surface area contributed by atoms with E-state index in [2.05, 4.69) is 25.0 Å². The van der Waals surface area contributed by atoms with Crippen LogP contribution in [0.15, 0.2) is 25.3 Å². The summed E-state index contributed by atoms with van der Waals surface area (Å²) in [6.45, 7) is 15.1. The Labute approximate surface area is 224 Å². The molecule has 4 fully saturated rings. The highest BCUT2D eigenvalue weighted by atomic mass is 32.2. The van der Waals surface area contributed by atoms with E-state index in [1.807, 2.05) is 4.90 Å². The number of aliphatic hydroxyl groups is 1. The van der Waals surface area contributed by atoms with Crippen LogP contribution in [-0.4, -0.2) is 131 Å². The summed E-state index contributed by atoms with van der Waals surface area (Å²) in [6, 6.07) is -0.657. The first-order valence-corrected chi connectivity index (χ1v) is 14.2. The summed E-state index contributed by atoms with van der Waals surface area (Å²) in [7, 11) is 1.75. The van der Waals surface area contributed by atoms with Crippen LogP contribution in [0, 0.1) is 11.8 Å². The van der Waals surface area contributed by atoms with Crippen molar-refractivity contribution >= 4 is 29.5 Å². The molecular formula is C27H42N4O5S. The summed E-state index contributed by atoms with van der Waals surface area (Å²) in [5.74, 6) is -1.29. The highest BCUT2D eigenvalue weighted by molar-refractivity contribution is 8.02. The van der Waals surface area contributed by atoms with Gasteiger partial charge in [0.2, 0.25) is 17.7 Å². The van der Waals surface area contributed by atoms with Crippen molar-refractivity contribution in [1.82, 2.24) is 19.6 Å². The quantitative estimate of drug-likeness (QED) is 0.371. The molecule has 1 spiro atoms. The number of amides is 3. The molecule has 4 saturated heterocycles. The fraction of sp³-hybridized carbons (Fsp3) is 0.741. The van der Waals surface area contributed by atoms with Crippen molar-refractivity contribution in [3.63, 3.8) is 0 Å². The van der Waals surface area contributed by atoms with Crippen molar-refractivity contribution in [2.45, 2.75) is 41.7 Å². The average molecular weight is 535 g/mol. The lowest BCUT2D eigenvalue weighted by Crippen LogP contribution is -2.56. The first-order valence-electron chi connectivity index (χ1n) is 13.4. The zero-order valence-electron chi connectivity index (χ0n) is 22.3. The van der Waals surface area contributed by atoms with E-state index in [1.165, 1.54) is 0 Å². The minimum absolute atomic E-state index is 0.0553. The number of likely N-dealkylation sites (N-methyl/N-ethyl adjacent to an activating group) is 1. The second-order valence-corrected chi connectivity index (χ2v) is 12.8. The normalized spacial score (nSPS) is 32.9. The second-order valence-electron chi connectivity index (χ2n) is 10.9. The van der Waals surface area contributed by atoms with E-state index < -0.39 is 27.4 Å². The van der Waals surface area contributed by atoms with Crippen LogP contribution in [0.2, 0.25) is 0 Å². The highest BCUT2D eigenvalue weighted by Crippen LogP contribution is 2.71. The van der Waals surface area contributed by atoms with Crippen LogP contribution in [-0.2, 0) is 19.1 Å². The molecule has 1 N–H and O–H groups in total. The maximum Gasteiger partial charge on any atom is 0.247 e. The molecule has 2 unspecified atom stereocenters. The lowest BCUT2D eigenvalue weighted by molar-refractivity contribution is -0.145. The maximum atomic E-state index is 14.3. The lowest BCUT2D eigenvalue weighted by Gasteiger charge is -2.38. The Morgan fingerprint density at radius 2 is 1.86 bits per heavy atom. The van der Waals surface area contributed by atoms with Gasteiger partial charge in [-0.3, -0.25) is 19.3 Å². The number of carbonyl (C=O) groups is 3. The van der Waals surface area contributed by atoms with Crippen LogP contribution in [0.4, 0.5) is 0 Å². The third-order valence-corrected chi connectivity index (χ3v) is 10.5. The van der Waals surface area contributed by atoms with E-state index in [0.717, 1.165) is 32.5 Å². The van der Waals surface area contributed by atoms with Gasteiger partial charge in [-0.15, -0.1) is 24.9 Å². The molecule has 10 heteroatoms. The Balaban J connectivity index is 1.65. The van der Waals surface area contributed by atoms with Crippen molar-refractivity contribution in [2.24, 2.45) is 11.8 Å². The minimum atomic E-state index is -0.657. The molecule has 0 aromatic carbocycles. The zero-order chi connectivity index (χ0) is 26.8. The van der Waals surface area contributed by atoms with E-state index in [0.29, 0.717) is 45.8 Å². The van der Waals surface area contributed by atoms with Crippen molar-refractivity contribution < 1.29 is 24.2 Å². The van der Waals surface area contributed by atoms with E-state index in [4.69, 9.17) is 4.74 Å². The molecule has 4 rings (SSSR count).